The number of hydrogen-bond donors (Lipinski definition) is 1. The standard InChI is InChI=1S/C22H31N3O3/c1-16(25(19-5-6-19)22(26)21-15-23-9-13-28-21)17-4-7-20-18(14-17)8-11-24(20)10-3-12-27-2/h4,7-8,11,14,16,19,21,23H,3,5-6,9-10,12-13,15H2,1-2H3/t16-,21+/m0/s1. The van der Waals surface area contributed by atoms with Crippen LogP contribution in [0.1, 0.15) is 37.8 Å². The van der Waals surface area contributed by atoms with E-state index in [2.05, 4.69) is 52.2 Å². The number of carbonyl (C=O) groups is 1. The molecule has 0 radical (unpaired) electrons. The van der Waals surface area contributed by atoms with E-state index in [1.165, 1.54) is 16.5 Å². The normalized spacial score (nSPS) is 21.0. The number of carbonyl (C=O) groups excluding carboxylic acids is 1. The number of nitrogens with zero attached hydrogens (tertiary/aromatic N) is 2. The molecule has 6 heteroatoms. The summed E-state index contributed by atoms with van der Waals surface area (Å²) in [6.07, 6.45) is 4.96. The number of methoxy groups -OCH3 is 1. The van der Waals surface area contributed by atoms with Crippen LogP contribution in [-0.4, -0.2) is 60.9 Å². The molecular formula is C22H31N3O3. The van der Waals surface area contributed by atoms with Gasteiger partial charge in [0.05, 0.1) is 12.6 Å². The number of hydrogen-bond acceptors (Lipinski definition) is 4. The molecule has 1 aliphatic heterocycles. The average molecular weight is 386 g/mol. The highest BCUT2D eigenvalue weighted by Gasteiger charge is 2.39. The second kappa shape index (κ2) is 8.64. The van der Waals surface area contributed by atoms with E-state index in [1.54, 1.807) is 7.11 Å². The lowest BCUT2D eigenvalue weighted by Crippen LogP contribution is -2.50. The van der Waals surface area contributed by atoms with Crippen molar-refractivity contribution in [1.82, 2.24) is 14.8 Å². The molecule has 1 saturated heterocycles. The Morgan fingerprint density at radius 1 is 1.39 bits per heavy atom. The fourth-order valence-corrected chi connectivity index (χ4v) is 4.14. The van der Waals surface area contributed by atoms with Crippen LogP contribution < -0.4 is 5.32 Å². The zero-order valence-corrected chi connectivity index (χ0v) is 16.9. The van der Waals surface area contributed by atoms with Gasteiger partial charge in [-0.15, -0.1) is 0 Å². The number of nitrogens with one attached hydrogen (secondary N) is 1. The smallest absolute Gasteiger partial charge is 0.253 e. The third-order valence-electron chi connectivity index (χ3n) is 5.84. The Hall–Kier alpha value is -1.89. The largest absolute Gasteiger partial charge is 0.385 e. The lowest BCUT2D eigenvalue weighted by atomic mass is 10.0. The van der Waals surface area contributed by atoms with Gasteiger partial charge in [0, 0.05) is 51.1 Å². The van der Waals surface area contributed by atoms with Crippen LogP contribution in [0.2, 0.25) is 0 Å². The lowest BCUT2D eigenvalue weighted by molar-refractivity contribution is -0.148. The average Bonchev–Trinajstić information content (AvgIpc) is 3.48. The maximum absolute atomic E-state index is 13.2. The maximum atomic E-state index is 13.2. The van der Waals surface area contributed by atoms with E-state index >= 15 is 0 Å². The molecule has 1 aliphatic carbocycles. The number of rotatable bonds is 8. The highest BCUT2D eigenvalue weighted by Crippen LogP contribution is 2.36. The minimum absolute atomic E-state index is 0.0479. The summed E-state index contributed by atoms with van der Waals surface area (Å²) in [5, 5.41) is 4.50. The molecule has 1 aromatic heterocycles. The fourth-order valence-electron chi connectivity index (χ4n) is 4.14. The molecule has 2 heterocycles. The van der Waals surface area contributed by atoms with Crippen LogP contribution in [0.3, 0.4) is 0 Å². The van der Waals surface area contributed by atoms with Crippen molar-refractivity contribution in [2.75, 3.05) is 33.4 Å². The van der Waals surface area contributed by atoms with Crippen molar-refractivity contribution in [3.63, 3.8) is 0 Å². The summed E-state index contributed by atoms with van der Waals surface area (Å²) < 4.78 is 13.2. The molecule has 0 bridgehead atoms. The summed E-state index contributed by atoms with van der Waals surface area (Å²) in [7, 11) is 1.74. The number of amides is 1. The number of benzene rings is 1. The molecule has 1 aromatic carbocycles. The minimum Gasteiger partial charge on any atom is -0.385 e. The van der Waals surface area contributed by atoms with Gasteiger partial charge in [-0.2, -0.15) is 0 Å². The van der Waals surface area contributed by atoms with Crippen molar-refractivity contribution in [2.24, 2.45) is 0 Å². The molecule has 28 heavy (non-hydrogen) atoms. The van der Waals surface area contributed by atoms with Crippen molar-refractivity contribution in [3.8, 4) is 0 Å². The molecule has 2 aromatic rings. The van der Waals surface area contributed by atoms with Crippen LogP contribution in [0.15, 0.2) is 30.5 Å². The molecule has 0 spiro atoms. The third-order valence-corrected chi connectivity index (χ3v) is 5.84. The zero-order valence-electron chi connectivity index (χ0n) is 16.9. The summed E-state index contributed by atoms with van der Waals surface area (Å²) in [6.45, 7) is 5.89. The first-order valence-electron chi connectivity index (χ1n) is 10.4. The van der Waals surface area contributed by atoms with Crippen molar-refractivity contribution < 1.29 is 14.3 Å². The zero-order chi connectivity index (χ0) is 19.5. The highest BCUT2D eigenvalue weighted by molar-refractivity contribution is 5.83. The molecule has 4 rings (SSSR count). The molecule has 1 saturated carbocycles. The van der Waals surface area contributed by atoms with Gasteiger partial charge in [-0.1, -0.05) is 6.07 Å². The topological polar surface area (TPSA) is 55.7 Å². The molecule has 1 amide bonds. The van der Waals surface area contributed by atoms with E-state index in [0.717, 1.165) is 39.0 Å². The maximum Gasteiger partial charge on any atom is 0.253 e. The Labute approximate surface area is 166 Å². The van der Waals surface area contributed by atoms with Gasteiger partial charge in [-0.3, -0.25) is 4.79 Å². The SMILES string of the molecule is COCCCn1ccc2cc([C@H](C)N(C(=O)[C@H]3CNCCO3)C3CC3)ccc21. The molecule has 2 fully saturated rings. The molecule has 152 valence electrons. The summed E-state index contributed by atoms with van der Waals surface area (Å²) in [6, 6.07) is 9.14. The molecule has 2 atom stereocenters. The molecular weight excluding hydrogens is 354 g/mol. The number of ether oxygens (including phenoxy) is 2. The fraction of sp³-hybridized carbons (Fsp3) is 0.591. The van der Waals surface area contributed by atoms with E-state index in [1.807, 2.05) is 0 Å². The lowest BCUT2D eigenvalue weighted by Gasteiger charge is -2.34. The van der Waals surface area contributed by atoms with E-state index in [-0.39, 0.29) is 18.1 Å². The first kappa shape index (κ1) is 19.4. The van der Waals surface area contributed by atoms with Crippen molar-refractivity contribution >= 4 is 16.8 Å². The Balaban J connectivity index is 1.52. The van der Waals surface area contributed by atoms with Crippen molar-refractivity contribution in [2.45, 2.75) is 50.9 Å². The summed E-state index contributed by atoms with van der Waals surface area (Å²) in [5.74, 6) is 0.124. The van der Waals surface area contributed by atoms with Gasteiger partial charge in [0.25, 0.3) is 5.91 Å². The van der Waals surface area contributed by atoms with Gasteiger partial charge in [-0.05, 0) is 55.3 Å². The van der Waals surface area contributed by atoms with Crippen LogP contribution in [-0.2, 0) is 20.8 Å². The molecule has 6 nitrogen and oxygen atoms in total. The van der Waals surface area contributed by atoms with Crippen LogP contribution in [0.25, 0.3) is 10.9 Å². The minimum atomic E-state index is -0.359. The Bertz CT molecular complexity index is 808. The van der Waals surface area contributed by atoms with E-state index in [0.29, 0.717) is 19.2 Å². The van der Waals surface area contributed by atoms with Gasteiger partial charge in [-0.25, -0.2) is 0 Å². The van der Waals surface area contributed by atoms with Gasteiger partial charge >= 0.3 is 0 Å². The molecule has 1 N–H and O–H groups in total. The van der Waals surface area contributed by atoms with Crippen LogP contribution >= 0.6 is 0 Å². The second-order valence-electron chi connectivity index (χ2n) is 7.89. The summed E-state index contributed by atoms with van der Waals surface area (Å²) in [4.78, 5) is 15.2. The van der Waals surface area contributed by atoms with Crippen molar-refractivity contribution in [3.05, 3.63) is 36.0 Å². The van der Waals surface area contributed by atoms with Gasteiger partial charge < -0.3 is 24.3 Å². The summed E-state index contributed by atoms with van der Waals surface area (Å²) in [5.41, 5.74) is 2.42. The third kappa shape index (κ3) is 4.09. The Morgan fingerprint density at radius 2 is 2.25 bits per heavy atom. The van der Waals surface area contributed by atoms with Crippen LogP contribution in [0.5, 0.6) is 0 Å². The first-order chi connectivity index (χ1) is 13.7. The number of aryl methyl sites for hydroxylation is 1. The predicted octanol–water partition coefficient (Wildman–Crippen LogP) is 2.72. The Kier molecular flexibility index (Phi) is 5.99. The van der Waals surface area contributed by atoms with Gasteiger partial charge in [0.15, 0.2) is 0 Å². The predicted molar refractivity (Wildman–Crippen MR) is 109 cm³/mol. The second-order valence-corrected chi connectivity index (χ2v) is 7.89. The van der Waals surface area contributed by atoms with Crippen LogP contribution in [0, 0.1) is 0 Å². The van der Waals surface area contributed by atoms with Crippen LogP contribution in [0.4, 0.5) is 0 Å². The van der Waals surface area contributed by atoms with E-state index in [4.69, 9.17) is 9.47 Å². The number of aromatic nitrogens is 1. The monoisotopic (exact) mass is 385 g/mol. The highest BCUT2D eigenvalue weighted by atomic mass is 16.5. The van der Waals surface area contributed by atoms with E-state index < -0.39 is 0 Å². The number of fused-ring (bicyclic) bond motifs is 1. The Morgan fingerprint density at radius 3 is 2.96 bits per heavy atom. The van der Waals surface area contributed by atoms with Gasteiger partial charge in [0.2, 0.25) is 0 Å². The van der Waals surface area contributed by atoms with E-state index in [9.17, 15) is 4.79 Å². The molecule has 0 unspecified atom stereocenters. The van der Waals surface area contributed by atoms with Crippen molar-refractivity contribution in [1.29, 1.82) is 0 Å². The first-order valence-corrected chi connectivity index (χ1v) is 10.4. The molecule has 2 aliphatic rings. The number of morpholine rings is 1. The quantitative estimate of drug-likeness (QED) is 0.710. The summed E-state index contributed by atoms with van der Waals surface area (Å²) >= 11 is 0. The van der Waals surface area contributed by atoms with Gasteiger partial charge in [0.1, 0.15) is 6.10 Å².